The summed E-state index contributed by atoms with van der Waals surface area (Å²) in [6.45, 7) is 2.79. The highest BCUT2D eigenvalue weighted by Crippen LogP contribution is 1.93. The van der Waals surface area contributed by atoms with Gasteiger partial charge in [-0.05, 0) is 5.56 Å². The summed E-state index contributed by atoms with van der Waals surface area (Å²) in [7, 11) is 1.10. The van der Waals surface area contributed by atoms with Crippen LogP contribution in [0.3, 0.4) is 0 Å². The third-order valence-corrected chi connectivity index (χ3v) is 1.67. The minimum Gasteiger partial charge on any atom is -0.326 e. The molecule has 0 amide bonds. The minimum absolute atomic E-state index is 0.643. The van der Waals surface area contributed by atoms with E-state index >= 15 is 0 Å². The van der Waals surface area contributed by atoms with Crippen molar-refractivity contribution in [2.24, 2.45) is 5.73 Å². The SMILES string of the molecule is CBc1ccc(CN)cc1. The van der Waals surface area contributed by atoms with Gasteiger partial charge in [0.1, 0.15) is 0 Å². The second-order valence-electron chi connectivity index (χ2n) is 2.37. The van der Waals surface area contributed by atoms with E-state index < -0.39 is 0 Å². The molecule has 1 aromatic rings. The lowest BCUT2D eigenvalue weighted by Gasteiger charge is -1.96. The summed E-state index contributed by atoms with van der Waals surface area (Å²) in [5.74, 6) is 0. The number of nitrogens with two attached hydrogens (primary N) is 1. The van der Waals surface area contributed by atoms with Gasteiger partial charge in [-0.25, -0.2) is 0 Å². The van der Waals surface area contributed by atoms with Crippen molar-refractivity contribution in [2.75, 3.05) is 0 Å². The van der Waals surface area contributed by atoms with Crippen LogP contribution in [-0.2, 0) is 6.54 Å². The molecule has 1 rings (SSSR count). The third-order valence-electron chi connectivity index (χ3n) is 1.67. The Bertz CT molecular complexity index is 170. The van der Waals surface area contributed by atoms with Crippen LogP contribution in [0.4, 0.5) is 0 Å². The fraction of sp³-hybridized carbons (Fsp3) is 0.250. The molecule has 0 aliphatic rings. The molecule has 0 saturated carbocycles. The summed E-state index contributed by atoms with van der Waals surface area (Å²) in [4.78, 5) is 0. The van der Waals surface area contributed by atoms with Crippen molar-refractivity contribution < 1.29 is 0 Å². The van der Waals surface area contributed by atoms with E-state index in [2.05, 4.69) is 31.1 Å². The van der Waals surface area contributed by atoms with E-state index in [-0.39, 0.29) is 0 Å². The van der Waals surface area contributed by atoms with E-state index in [1.165, 1.54) is 11.0 Å². The van der Waals surface area contributed by atoms with Gasteiger partial charge in [0.05, 0.1) is 0 Å². The Morgan fingerprint density at radius 2 is 1.90 bits per heavy atom. The zero-order valence-electron chi connectivity index (χ0n) is 6.30. The van der Waals surface area contributed by atoms with Crippen LogP contribution in [0.5, 0.6) is 0 Å². The van der Waals surface area contributed by atoms with Crippen molar-refractivity contribution in [2.45, 2.75) is 13.4 Å². The van der Waals surface area contributed by atoms with Crippen molar-refractivity contribution in [1.82, 2.24) is 0 Å². The normalized spacial score (nSPS) is 9.40. The fourth-order valence-electron chi connectivity index (χ4n) is 0.911. The predicted octanol–water partition coefficient (Wildman–Crippen LogP) is 0.255. The zero-order valence-corrected chi connectivity index (χ0v) is 6.30. The summed E-state index contributed by atoms with van der Waals surface area (Å²) in [5.41, 5.74) is 8.02. The summed E-state index contributed by atoms with van der Waals surface area (Å²) in [6.07, 6.45) is 0. The number of hydrogen-bond acceptors (Lipinski definition) is 1. The lowest BCUT2D eigenvalue weighted by atomic mass is 9.73. The molecule has 0 saturated heterocycles. The maximum absolute atomic E-state index is 5.44. The summed E-state index contributed by atoms with van der Waals surface area (Å²) in [5, 5.41) is 0. The molecule has 0 unspecified atom stereocenters. The highest BCUT2D eigenvalue weighted by molar-refractivity contribution is 6.51. The average molecular weight is 133 g/mol. The maximum Gasteiger partial charge on any atom is 0.154 e. The number of rotatable bonds is 2. The molecule has 1 nitrogen and oxygen atoms in total. The molecule has 2 heteroatoms. The molecule has 1 aromatic carbocycles. The van der Waals surface area contributed by atoms with Crippen molar-refractivity contribution in [3.05, 3.63) is 29.8 Å². The second-order valence-corrected chi connectivity index (χ2v) is 2.37. The van der Waals surface area contributed by atoms with E-state index in [0.29, 0.717) is 6.54 Å². The molecule has 0 bridgehead atoms. The number of benzene rings is 1. The molecular formula is C8H12BN. The molecular weight excluding hydrogens is 121 g/mol. The Kier molecular flexibility index (Phi) is 2.52. The van der Waals surface area contributed by atoms with E-state index in [4.69, 9.17) is 5.73 Å². The van der Waals surface area contributed by atoms with Gasteiger partial charge in [0.2, 0.25) is 0 Å². The Labute approximate surface area is 62.5 Å². The minimum atomic E-state index is 0.643. The van der Waals surface area contributed by atoms with E-state index in [0.717, 1.165) is 7.28 Å². The first-order chi connectivity index (χ1) is 4.86. The average Bonchev–Trinajstić information content (AvgIpc) is 2.05. The molecule has 0 fully saturated rings. The van der Waals surface area contributed by atoms with E-state index in [1.54, 1.807) is 0 Å². The van der Waals surface area contributed by atoms with Gasteiger partial charge in [-0.1, -0.05) is 36.6 Å². The molecule has 0 radical (unpaired) electrons. The zero-order chi connectivity index (χ0) is 7.40. The standard InChI is InChI=1S/C8H12BN/c1-9-8-4-2-7(6-10)3-5-8/h2-5,9H,6,10H2,1H3. The van der Waals surface area contributed by atoms with E-state index in [1.807, 2.05) is 0 Å². The van der Waals surface area contributed by atoms with Crippen molar-refractivity contribution >= 4 is 12.7 Å². The first kappa shape index (κ1) is 7.35. The van der Waals surface area contributed by atoms with Crippen LogP contribution in [0.25, 0.3) is 0 Å². The summed E-state index contributed by atoms with van der Waals surface area (Å²) < 4.78 is 0. The first-order valence-electron chi connectivity index (χ1n) is 3.64. The van der Waals surface area contributed by atoms with Gasteiger partial charge in [-0.15, -0.1) is 0 Å². The van der Waals surface area contributed by atoms with Gasteiger partial charge in [0, 0.05) is 6.54 Å². The van der Waals surface area contributed by atoms with Gasteiger partial charge >= 0.3 is 0 Å². The highest BCUT2D eigenvalue weighted by Gasteiger charge is 1.89. The van der Waals surface area contributed by atoms with Crippen LogP contribution >= 0.6 is 0 Å². The van der Waals surface area contributed by atoms with Crippen molar-refractivity contribution in [3.63, 3.8) is 0 Å². The Morgan fingerprint density at radius 1 is 1.30 bits per heavy atom. The van der Waals surface area contributed by atoms with Crippen molar-refractivity contribution in [1.29, 1.82) is 0 Å². The van der Waals surface area contributed by atoms with Gasteiger partial charge in [-0.2, -0.15) is 0 Å². The Balaban J connectivity index is 2.80. The molecule has 2 N–H and O–H groups in total. The van der Waals surface area contributed by atoms with Crippen LogP contribution in [0.2, 0.25) is 6.82 Å². The Hall–Kier alpha value is -0.755. The van der Waals surface area contributed by atoms with Crippen LogP contribution in [-0.4, -0.2) is 7.28 Å². The Morgan fingerprint density at radius 3 is 2.30 bits per heavy atom. The number of hydrogen-bond donors (Lipinski definition) is 1. The molecule has 0 spiro atoms. The third kappa shape index (κ3) is 1.61. The molecule has 0 heterocycles. The molecule has 0 aromatic heterocycles. The monoisotopic (exact) mass is 133 g/mol. The van der Waals surface area contributed by atoms with E-state index in [9.17, 15) is 0 Å². The van der Waals surface area contributed by atoms with Crippen LogP contribution in [0, 0.1) is 0 Å². The van der Waals surface area contributed by atoms with Gasteiger partial charge in [0.25, 0.3) is 0 Å². The summed E-state index contributed by atoms with van der Waals surface area (Å²) >= 11 is 0. The van der Waals surface area contributed by atoms with Crippen LogP contribution in [0.1, 0.15) is 5.56 Å². The first-order valence-corrected chi connectivity index (χ1v) is 3.64. The quantitative estimate of drug-likeness (QED) is 0.575. The lowest BCUT2D eigenvalue weighted by molar-refractivity contribution is 1.07. The van der Waals surface area contributed by atoms with Crippen molar-refractivity contribution in [3.8, 4) is 0 Å². The maximum atomic E-state index is 5.44. The molecule has 0 atom stereocenters. The highest BCUT2D eigenvalue weighted by atomic mass is 14.5. The molecule has 0 aliphatic heterocycles. The lowest BCUT2D eigenvalue weighted by Crippen LogP contribution is -2.10. The summed E-state index contributed by atoms with van der Waals surface area (Å²) in [6, 6.07) is 8.42. The van der Waals surface area contributed by atoms with Gasteiger partial charge in [-0.3, -0.25) is 0 Å². The van der Waals surface area contributed by atoms with Crippen LogP contribution < -0.4 is 11.2 Å². The van der Waals surface area contributed by atoms with Gasteiger partial charge in [0.15, 0.2) is 7.28 Å². The topological polar surface area (TPSA) is 26.0 Å². The molecule has 52 valence electrons. The molecule has 0 aliphatic carbocycles. The molecule has 10 heavy (non-hydrogen) atoms. The van der Waals surface area contributed by atoms with Crippen LogP contribution in [0.15, 0.2) is 24.3 Å². The van der Waals surface area contributed by atoms with Gasteiger partial charge < -0.3 is 5.73 Å². The second kappa shape index (κ2) is 3.42. The largest absolute Gasteiger partial charge is 0.326 e. The smallest absolute Gasteiger partial charge is 0.154 e. The fourth-order valence-corrected chi connectivity index (χ4v) is 0.911. The predicted molar refractivity (Wildman–Crippen MR) is 47.0 cm³/mol.